The molecular formula is C11H14F2O2S. The number of hydrogen-bond acceptors (Lipinski definition) is 3. The SMILES string of the molecule is CS[C@H](C)[C@](O)(CO)c1ccc(F)cc1F. The Morgan fingerprint density at radius 2 is 2.06 bits per heavy atom. The van der Waals surface area contributed by atoms with E-state index < -0.39 is 29.1 Å². The predicted molar refractivity (Wildman–Crippen MR) is 60.3 cm³/mol. The Bertz CT molecular complexity index is 373. The van der Waals surface area contributed by atoms with Crippen molar-refractivity contribution in [3.63, 3.8) is 0 Å². The molecule has 0 spiro atoms. The second-order valence-electron chi connectivity index (χ2n) is 3.58. The summed E-state index contributed by atoms with van der Waals surface area (Å²) >= 11 is 1.29. The zero-order valence-electron chi connectivity index (χ0n) is 9.08. The van der Waals surface area contributed by atoms with Gasteiger partial charge in [0.1, 0.15) is 17.2 Å². The second-order valence-corrected chi connectivity index (χ2v) is 4.76. The first-order chi connectivity index (χ1) is 7.45. The molecule has 1 aromatic rings. The first-order valence-electron chi connectivity index (χ1n) is 4.77. The molecule has 1 rings (SSSR count). The molecule has 90 valence electrons. The van der Waals surface area contributed by atoms with E-state index in [1.165, 1.54) is 11.8 Å². The highest BCUT2D eigenvalue weighted by atomic mass is 32.2. The molecule has 16 heavy (non-hydrogen) atoms. The molecule has 2 N–H and O–H groups in total. The molecule has 0 aromatic heterocycles. The van der Waals surface area contributed by atoms with Crippen LogP contribution in [-0.4, -0.2) is 28.3 Å². The number of hydrogen-bond donors (Lipinski definition) is 2. The Hall–Kier alpha value is -0.650. The number of aliphatic hydroxyl groups is 2. The third-order valence-corrected chi connectivity index (χ3v) is 3.76. The van der Waals surface area contributed by atoms with Crippen molar-refractivity contribution >= 4 is 11.8 Å². The van der Waals surface area contributed by atoms with Gasteiger partial charge in [-0.2, -0.15) is 11.8 Å². The third-order valence-electron chi connectivity index (χ3n) is 2.66. The molecule has 1 aromatic carbocycles. The van der Waals surface area contributed by atoms with Crippen molar-refractivity contribution in [3.8, 4) is 0 Å². The van der Waals surface area contributed by atoms with Gasteiger partial charge in [-0.1, -0.05) is 13.0 Å². The zero-order valence-corrected chi connectivity index (χ0v) is 9.89. The highest BCUT2D eigenvalue weighted by Crippen LogP contribution is 2.33. The maximum Gasteiger partial charge on any atom is 0.132 e. The van der Waals surface area contributed by atoms with Crippen molar-refractivity contribution < 1.29 is 19.0 Å². The van der Waals surface area contributed by atoms with Crippen LogP contribution >= 0.6 is 11.8 Å². The van der Waals surface area contributed by atoms with Crippen molar-refractivity contribution in [2.24, 2.45) is 0 Å². The van der Waals surface area contributed by atoms with Crippen LogP contribution in [0.1, 0.15) is 12.5 Å². The largest absolute Gasteiger partial charge is 0.393 e. The quantitative estimate of drug-likeness (QED) is 0.855. The molecule has 0 aliphatic carbocycles. The molecule has 0 radical (unpaired) electrons. The number of rotatable bonds is 4. The Morgan fingerprint density at radius 1 is 1.44 bits per heavy atom. The molecule has 2 nitrogen and oxygen atoms in total. The molecular weight excluding hydrogens is 234 g/mol. The van der Waals surface area contributed by atoms with E-state index in [9.17, 15) is 19.0 Å². The fourth-order valence-electron chi connectivity index (χ4n) is 1.47. The summed E-state index contributed by atoms with van der Waals surface area (Å²) in [5.41, 5.74) is -1.78. The van der Waals surface area contributed by atoms with Crippen LogP contribution in [0.4, 0.5) is 8.78 Å². The summed E-state index contributed by atoms with van der Waals surface area (Å²) in [4.78, 5) is 0. The van der Waals surface area contributed by atoms with E-state index in [4.69, 9.17) is 0 Å². The fourth-order valence-corrected chi connectivity index (χ4v) is 2.06. The first-order valence-corrected chi connectivity index (χ1v) is 6.06. The van der Waals surface area contributed by atoms with Gasteiger partial charge >= 0.3 is 0 Å². The summed E-state index contributed by atoms with van der Waals surface area (Å²) in [5.74, 6) is -1.56. The van der Waals surface area contributed by atoms with Gasteiger partial charge in [0.25, 0.3) is 0 Å². The van der Waals surface area contributed by atoms with E-state index in [1.54, 1.807) is 13.2 Å². The van der Waals surface area contributed by atoms with Gasteiger partial charge in [0.05, 0.1) is 6.61 Å². The zero-order chi connectivity index (χ0) is 12.3. The lowest BCUT2D eigenvalue weighted by Crippen LogP contribution is -2.40. The van der Waals surface area contributed by atoms with Gasteiger partial charge in [-0.05, 0) is 12.3 Å². The van der Waals surface area contributed by atoms with E-state index in [2.05, 4.69) is 0 Å². The van der Waals surface area contributed by atoms with Crippen LogP contribution in [0.15, 0.2) is 18.2 Å². The summed E-state index contributed by atoms with van der Waals surface area (Å²) in [7, 11) is 0. The van der Waals surface area contributed by atoms with Crippen molar-refractivity contribution in [1.82, 2.24) is 0 Å². The standard InChI is InChI=1S/C11H14F2O2S/c1-7(16-2)11(15,6-14)9-4-3-8(12)5-10(9)13/h3-5,7,14-15H,6H2,1-2H3/t7-,11-/m1/s1. The van der Waals surface area contributed by atoms with Crippen LogP contribution in [0, 0.1) is 11.6 Å². The minimum Gasteiger partial charge on any atom is -0.393 e. The highest BCUT2D eigenvalue weighted by molar-refractivity contribution is 7.99. The lowest BCUT2D eigenvalue weighted by atomic mass is 9.91. The van der Waals surface area contributed by atoms with Gasteiger partial charge in [0, 0.05) is 16.9 Å². The molecule has 0 saturated carbocycles. The average molecular weight is 248 g/mol. The minimum atomic E-state index is -1.70. The summed E-state index contributed by atoms with van der Waals surface area (Å²) in [6.07, 6.45) is 1.74. The third kappa shape index (κ3) is 2.36. The Kier molecular flexibility index (Phi) is 4.29. The van der Waals surface area contributed by atoms with E-state index in [0.29, 0.717) is 6.07 Å². The maximum absolute atomic E-state index is 13.5. The Balaban J connectivity index is 3.22. The summed E-state index contributed by atoms with van der Waals surface area (Å²) < 4.78 is 26.2. The van der Waals surface area contributed by atoms with Gasteiger partial charge in [0.2, 0.25) is 0 Å². The van der Waals surface area contributed by atoms with Crippen molar-refractivity contribution in [1.29, 1.82) is 0 Å². The van der Waals surface area contributed by atoms with E-state index in [-0.39, 0.29) is 5.56 Å². The molecule has 5 heteroatoms. The molecule has 0 aliphatic rings. The molecule has 2 atom stereocenters. The second kappa shape index (κ2) is 5.12. The van der Waals surface area contributed by atoms with Crippen molar-refractivity contribution in [3.05, 3.63) is 35.4 Å². The molecule has 0 aliphatic heterocycles. The highest BCUT2D eigenvalue weighted by Gasteiger charge is 2.37. The fraction of sp³-hybridized carbons (Fsp3) is 0.455. The number of aliphatic hydroxyl groups excluding tert-OH is 1. The molecule has 0 heterocycles. The van der Waals surface area contributed by atoms with Crippen LogP contribution < -0.4 is 0 Å². The lowest BCUT2D eigenvalue weighted by Gasteiger charge is -2.32. The van der Waals surface area contributed by atoms with E-state index in [1.807, 2.05) is 0 Å². The van der Waals surface area contributed by atoms with Crippen molar-refractivity contribution in [2.45, 2.75) is 17.8 Å². The minimum absolute atomic E-state index is 0.0850. The topological polar surface area (TPSA) is 40.5 Å². The van der Waals surface area contributed by atoms with Gasteiger partial charge in [-0.3, -0.25) is 0 Å². The summed E-state index contributed by atoms with van der Waals surface area (Å²) in [6.45, 7) is 1.06. The number of thioether (sulfide) groups is 1. The van der Waals surface area contributed by atoms with Gasteiger partial charge in [-0.15, -0.1) is 0 Å². The average Bonchev–Trinajstić information content (AvgIpc) is 2.27. The van der Waals surface area contributed by atoms with Crippen molar-refractivity contribution in [2.75, 3.05) is 12.9 Å². The van der Waals surface area contributed by atoms with Crippen LogP contribution in [0.3, 0.4) is 0 Å². The number of benzene rings is 1. The van der Waals surface area contributed by atoms with Crippen LogP contribution in [0.2, 0.25) is 0 Å². The summed E-state index contributed by atoms with van der Waals surface area (Å²) in [6, 6.07) is 2.92. The van der Waals surface area contributed by atoms with E-state index in [0.717, 1.165) is 12.1 Å². The predicted octanol–water partition coefficient (Wildman–Crippen LogP) is 1.90. The van der Waals surface area contributed by atoms with Gasteiger partial charge in [-0.25, -0.2) is 8.78 Å². The normalized spacial score (nSPS) is 16.9. The molecule has 0 saturated heterocycles. The first kappa shape index (κ1) is 13.4. The monoisotopic (exact) mass is 248 g/mol. The van der Waals surface area contributed by atoms with Gasteiger partial charge in [0.15, 0.2) is 0 Å². The molecule has 0 fully saturated rings. The Labute approximate surface area is 97.3 Å². The van der Waals surface area contributed by atoms with Crippen LogP contribution in [0.25, 0.3) is 0 Å². The summed E-state index contributed by atoms with van der Waals surface area (Å²) in [5, 5.41) is 19.0. The molecule has 0 bridgehead atoms. The van der Waals surface area contributed by atoms with Gasteiger partial charge < -0.3 is 10.2 Å². The van der Waals surface area contributed by atoms with Crippen LogP contribution in [0.5, 0.6) is 0 Å². The smallest absolute Gasteiger partial charge is 0.132 e. The molecule has 0 amide bonds. The van der Waals surface area contributed by atoms with Crippen LogP contribution in [-0.2, 0) is 5.60 Å². The Morgan fingerprint density at radius 3 is 2.50 bits per heavy atom. The van der Waals surface area contributed by atoms with E-state index >= 15 is 0 Å². The maximum atomic E-state index is 13.5. The lowest BCUT2D eigenvalue weighted by molar-refractivity contribution is -0.0198. The molecule has 0 unspecified atom stereocenters. The number of halogens is 2.